The Balaban J connectivity index is 2.36. The normalized spacial score (nSPS) is 18.9. The smallest absolute Gasteiger partial charge is 0.220 e. The highest BCUT2D eigenvalue weighted by molar-refractivity contribution is 6.33. The number of aliphatic imine (C=N–C) groups is 1. The molecular weight excluding hydrogens is 229 g/mol. The van der Waals surface area contributed by atoms with Crippen LogP contribution in [0.2, 0.25) is 5.02 Å². The van der Waals surface area contributed by atoms with Crippen LogP contribution in [-0.4, -0.2) is 19.0 Å². The van der Waals surface area contributed by atoms with Gasteiger partial charge in [0, 0.05) is 5.41 Å². The standard InChI is InChI=1S/C12H13ClFNO/c1-12(2)6-15-11(16-7-12)10-8(13)4-3-5-9(10)14/h3-5H,6-7H2,1-2H3. The summed E-state index contributed by atoms with van der Waals surface area (Å²) >= 11 is 5.93. The zero-order valence-corrected chi connectivity index (χ0v) is 10.0. The van der Waals surface area contributed by atoms with E-state index < -0.39 is 5.82 Å². The molecule has 0 saturated heterocycles. The van der Waals surface area contributed by atoms with Crippen LogP contribution in [0.4, 0.5) is 4.39 Å². The van der Waals surface area contributed by atoms with Gasteiger partial charge in [0.25, 0.3) is 0 Å². The van der Waals surface area contributed by atoms with Gasteiger partial charge in [-0.25, -0.2) is 4.39 Å². The van der Waals surface area contributed by atoms with Gasteiger partial charge in [-0.2, -0.15) is 0 Å². The van der Waals surface area contributed by atoms with Crippen LogP contribution in [0.3, 0.4) is 0 Å². The summed E-state index contributed by atoms with van der Waals surface area (Å²) in [4.78, 5) is 4.24. The molecule has 1 aliphatic rings. The van der Waals surface area contributed by atoms with Crippen LogP contribution in [0.25, 0.3) is 0 Å². The Morgan fingerprint density at radius 3 is 2.75 bits per heavy atom. The average molecular weight is 242 g/mol. The maximum absolute atomic E-state index is 13.6. The van der Waals surface area contributed by atoms with Gasteiger partial charge in [0.2, 0.25) is 5.90 Å². The van der Waals surface area contributed by atoms with E-state index in [0.717, 1.165) is 0 Å². The quantitative estimate of drug-likeness (QED) is 0.740. The molecule has 2 rings (SSSR count). The predicted molar refractivity (Wildman–Crippen MR) is 62.5 cm³/mol. The van der Waals surface area contributed by atoms with E-state index in [1.54, 1.807) is 12.1 Å². The number of hydrogen-bond acceptors (Lipinski definition) is 2. The van der Waals surface area contributed by atoms with Crippen molar-refractivity contribution in [3.05, 3.63) is 34.6 Å². The summed E-state index contributed by atoms with van der Waals surface area (Å²) < 4.78 is 19.0. The molecule has 86 valence electrons. The van der Waals surface area contributed by atoms with Gasteiger partial charge in [-0.3, -0.25) is 4.99 Å². The highest BCUT2D eigenvalue weighted by Gasteiger charge is 2.26. The van der Waals surface area contributed by atoms with Crippen molar-refractivity contribution in [2.45, 2.75) is 13.8 Å². The molecule has 16 heavy (non-hydrogen) atoms. The zero-order chi connectivity index (χ0) is 11.8. The lowest BCUT2D eigenvalue weighted by atomic mass is 9.94. The predicted octanol–water partition coefficient (Wildman–Crippen LogP) is 3.28. The largest absolute Gasteiger partial charge is 0.477 e. The van der Waals surface area contributed by atoms with Gasteiger partial charge in [-0.15, -0.1) is 0 Å². The second-order valence-electron chi connectivity index (χ2n) is 4.67. The first-order valence-electron chi connectivity index (χ1n) is 5.11. The lowest BCUT2D eigenvalue weighted by Crippen LogP contribution is -2.31. The van der Waals surface area contributed by atoms with Crippen molar-refractivity contribution >= 4 is 17.5 Å². The molecule has 1 aliphatic heterocycles. The molecule has 1 aromatic carbocycles. The molecule has 0 amide bonds. The maximum atomic E-state index is 13.6. The van der Waals surface area contributed by atoms with Crippen molar-refractivity contribution in [2.75, 3.05) is 13.2 Å². The number of rotatable bonds is 1. The fourth-order valence-electron chi connectivity index (χ4n) is 1.49. The number of halogens is 2. The summed E-state index contributed by atoms with van der Waals surface area (Å²) in [6.07, 6.45) is 0. The van der Waals surface area contributed by atoms with E-state index in [4.69, 9.17) is 16.3 Å². The Hall–Kier alpha value is -1.09. The first kappa shape index (κ1) is 11.4. The van der Waals surface area contributed by atoms with Gasteiger partial charge < -0.3 is 4.74 Å². The highest BCUT2D eigenvalue weighted by Crippen LogP contribution is 2.26. The van der Waals surface area contributed by atoms with Crippen molar-refractivity contribution in [3.8, 4) is 0 Å². The third kappa shape index (κ3) is 2.19. The van der Waals surface area contributed by atoms with Crippen LogP contribution in [0.15, 0.2) is 23.2 Å². The molecule has 0 spiro atoms. The van der Waals surface area contributed by atoms with Crippen molar-refractivity contribution < 1.29 is 9.13 Å². The van der Waals surface area contributed by atoms with Crippen LogP contribution >= 0.6 is 11.6 Å². The summed E-state index contributed by atoms with van der Waals surface area (Å²) in [5, 5.41) is 0.332. The van der Waals surface area contributed by atoms with Gasteiger partial charge in [0.05, 0.1) is 23.7 Å². The molecular formula is C12H13ClFNO. The van der Waals surface area contributed by atoms with E-state index in [-0.39, 0.29) is 11.0 Å². The molecule has 0 atom stereocenters. The molecule has 0 bridgehead atoms. The minimum atomic E-state index is -0.397. The van der Waals surface area contributed by atoms with Crippen LogP contribution in [0.5, 0.6) is 0 Å². The lowest BCUT2D eigenvalue weighted by Gasteiger charge is -2.28. The van der Waals surface area contributed by atoms with Gasteiger partial charge >= 0.3 is 0 Å². The van der Waals surface area contributed by atoms with Gasteiger partial charge in [-0.05, 0) is 12.1 Å². The molecule has 0 N–H and O–H groups in total. The molecule has 1 heterocycles. The fourth-order valence-corrected chi connectivity index (χ4v) is 1.74. The minimum Gasteiger partial charge on any atom is -0.477 e. The summed E-state index contributed by atoms with van der Waals surface area (Å²) in [7, 11) is 0. The Labute approximate surface area is 99.1 Å². The minimum absolute atomic E-state index is 0.00122. The molecule has 4 heteroatoms. The summed E-state index contributed by atoms with van der Waals surface area (Å²) in [6.45, 7) is 5.25. The molecule has 0 saturated carbocycles. The van der Waals surface area contributed by atoms with Crippen LogP contribution < -0.4 is 0 Å². The lowest BCUT2D eigenvalue weighted by molar-refractivity contribution is 0.157. The molecule has 0 fully saturated rings. The average Bonchev–Trinajstić information content (AvgIpc) is 2.20. The number of nitrogens with zero attached hydrogens (tertiary/aromatic N) is 1. The van der Waals surface area contributed by atoms with Gasteiger partial charge in [0.15, 0.2) is 0 Å². The summed E-state index contributed by atoms with van der Waals surface area (Å²) in [5.74, 6) is -0.0895. The summed E-state index contributed by atoms with van der Waals surface area (Å²) in [5.41, 5.74) is 0.265. The first-order valence-corrected chi connectivity index (χ1v) is 5.49. The van der Waals surface area contributed by atoms with E-state index in [1.165, 1.54) is 6.07 Å². The molecule has 0 aromatic heterocycles. The van der Waals surface area contributed by atoms with E-state index in [9.17, 15) is 4.39 Å². The highest BCUT2D eigenvalue weighted by atomic mass is 35.5. The van der Waals surface area contributed by atoms with E-state index in [2.05, 4.69) is 18.8 Å². The molecule has 0 unspecified atom stereocenters. The Morgan fingerprint density at radius 1 is 1.44 bits per heavy atom. The number of ether oxygens (including phenoxy) is 1. The monoisotopic (exact) mass is 241 g/mol. The summed E-state index contributed by atoms with van der Waals surface area (Å²) in [6, 6.07) is 4.55. The van der Waals surface area contributed by atoms with Crippen molar-refractivity contribution in [3.63, 3.8) is 0 Å². The van der Waals surface area contributed by atoms with E-state index >= 15 is 0 Å². The van der Waals surface area contributed by atoms with Crippen molar-refractivity contribution in [2.24, 2.45) is 10.4 Å². The van der Waals surface area contributed by atoms with Crippen LogP contribution in [0.1, 0.15) is 19.4 Å². The fraction of sp³-hybridized carbons (Fsp3) is 0.417. The third-order valence-corrected chi connectivity index (χ3v) is 2.74. The Morgan fingerprint density at radius 2 is 2.19 bits per heavy atom. The second-order valence-corrected chi connectivity index (χ2v) is 5.08. The van der Waals surface area contributed by atoms with Crippen LogP contribution in [0, 0.1) is 11.2 Å². The van der Waals surface area contributed by atoms with Crippen LogP contribution in [-0.2, 0) is 4.74 Å². The maximum Gasteiger partial charge on any atom is 0.220 e. The number of benzene rings is 1. The Bertz CT molecular complexity index is 422. The Kier molecular flexibility index (Phi) is 2.89. The SMILES string of the molecule is CC1(C)CN=C(c2c(F)cccc2Cl)OC1. The topological polar surface area (TPSA) is 21.6 Å². The molecule has 1 aromatic rings. The number of hydrogen-bond donors (Lipinski definition) is 0. The molecule has 2 nitrogen and oxygen atoms in total. The van der Waals surface area contributed by atoms with E-state index in [1.807, 2.05) is 0 Å². The third-order valence-electron chi connectivity index (χ3n) is 2.43. The van der Waals surface area contributed by atoms with E-state index in [0.29, 0.717) is 24.1 Å². The zero-order valence-electron chi connectivity index (χ0n) is 9.26. The van der Waals surface area contributed by atoms with Gasteiger partial charge in [-0.1, -0.05) is 31.5 Å². The molecule has 0 radical (unpaired) electrons. The first-order chi connectivity index (χ1) is 7.49. The van der Waals surface area contributed by atoms with Gasteiger partial charge in [0.1, 0.15) is 5.82 Å². The molecule has 0 aliphatic carbocycles. The van der Waals surface area contributed by atoms with Crippen molar-refractivity contribution in [1.82, 2.24) is 0 Å². The second kappa shape index (κ2) is 4.06. The van der Waals surface area contributed by atoms with Crippen molar-refractivity contribution in [1.29, 1.82) is 0 Å².